The fourth-order valence-electron chi connectivity index (χ4n) is 3.05. The van der Waals surface area contributed by atoms with E-state index in [0.29, 0.717) is 12.1 Å². The predicted octanol–water partition coefficient (Wildman–Crippen LogP) is 5.59. The lowest BCUT2D eigenvalue weighted by atomic mass is 10.0. The zero-order valence-corrected chi connectivity index (χ0v) is 18.2. The molecule has 4 heteroatoms. The van der Waals surface area contributed by atoms with Gasteiger partial charge in [-0.2, -0.15) is 11.8 Å². The molecule has 0 aliphatic heterocycles. The Morgan fingerprint density at radius 1 is 0.967 bits per heavy atom. The fraction of sp³-hybridized carbons (Fsp3) is 0.192. The number of carbonyl (C=O) groups excluding carboxylic acids is 1. The maximum absolute atomic E-state index is 12.9. The highest BCUT2D eigenvalue weighted by atomic mass is 32.2. The monoisotopic (exact) mass is 417 g/mol. The Kier molecular flexibility index (Phi) is 8.16. The lowest BCUT2D eigenvalue weighted by Crippen LogP contribution is -2.26. The van der Waals surface area contributed by atoms with E-state index in [1.807, 2.05) is 72.4 Å². The number of carbonyl (C=O) groups is 1. The van der Waals surface area contributed by atoms with Crippen LogP contribution < -0.4 is 10.1 Å². The second kappa shape index (κ2) is 11.3. The summed E-state index contributed by atoms with van der Waals surface area (Å²) in [6.45, 7) is 2.76. The third kappa shape index (κ3) is 6.26. The summed E-state index contributed by atoms with van der Waals surface area (Å²) in [7, 11) is 1.64. The molecule has 0 saturated heterocycles. The molecule has 1 amide bonds. The molecule has 0 aliphatic rings. The number of amides is 1. The van der Waals surface area contributed by atoms with Gasteiger partial charge >= 0.3 is 0 Å². The summed E-state index contributed by atoms with van der Waals surface area (Å²) in [5.41, 5.74) is 5.17. The normalized spacial score (nSPS) is 11.2. The van der Waals surface area contributed by atoms with Crippen molar-refractivity contribution in [1.29, 1.82) is 0 Å². The van der Waals surface area contributed by atoms with Crippen LogP contribution in [0.3, 0.4) is 0 Å². The van der Waals surface area contributed by atoms with Crippen LogP contribution in [0, 0.1) is 6.92 Å². The molecule has 0 bridgehead atoms. The number of methoxy groups -OCH3 is 1. The summed E-state index contributed by atoms with van der Waals surface area (Å²) in [5, 5.41) is 3.07. The summed E-state index contributed by atoms with van der Waals surface area (Å²) >= 11 is 1.83. The van der Waals surface area contributed by atoms with Gasteiger partial charge in [-0.1, -0.05) is 66.7 Å². The lowest BCUT2D eigenvalue weighted by Gasteiger charge is -2.10. The zero-order chi connectivity index (χ0) is 21.2. The van der Waals surface area contributed by atoms with Gasteiger partial charge in [-0.15, -0.1) is 0 Å². The molecule has 0 radical (unpaired) electrons. The molecule has 0 fully saturated rings. The molecule has 154 valence electrons. The number of nitrogens with one attached hydrogen (secondary N) is 1. The van der Waals surface area contributed by atoms with Crippen molar-refractivity contribution in [3.63, 3.8) is 0 Å². The highest BCUT2D eigenvalue weighted by molar-refractivity contribution is 7.98. The molecule has 3 aromatic carbocycles. The maximum Gasteiger partial charge on any atom is 0.251 e. The number of aryl methyl sites for hydroxylation is 1. The maximum atomic E-state index is 12.9. The molecule has 0 heterocycles. The first-order chi connectivity index (χ1) is 14.7. The van der Waals surface area contributed by atoms with E-state index in [0.717, 1.165) is 28.4 Å². The molecule has 0 aromatic heterocycles. The number of thioether (sulfide) groups is 1. The average molecular weight is 418 g/mol. The van der Waals surface area contributed by atoms with E-state index in [9.17, 15) is 4.79 Å². The van der Waals surface area contributed by atoms with E-state index in [1.165, 1.54) is 11.1 Å². The van der Waals surface area contributed by atoms with Crippen molar-refractivity contribution in [2.24, 2.45) is 0 Å². The van der Waals surface area contributed by atoms with Gasteiger partial charge < -0.3 is 10.1 Å². The van der Waals surface area contributed by atoms with Crippen LogP contribution in [0.25, 0.3) is 11.6 Å². The molecule has 0 spiro atoms. The number of hydrogen-bond acceptors (Lipinski definition) is 3. The van der Waals surface area contributed by atoms with E-state index < -0.39 is 0 Å². The predicted molar refractivity (Wildman–Crippen MR) is 128 cm³/mol. The van der Waals surface area contributed by atoms with Crippen molar-refractivity contribution in [2.75, 3.05) is 19.4 Å². The van der Waals surface area contributed by atoms with E-state index in [4.69, 9.17) is 4.74 Å². The third-order valence-corrected chi connectivity index (χ3v) is 5.81. The largest absolute Gasteiger partial charge is 0.497 e. The van der Waals surface area contributed by atoms with Gasteiger partial charge in [0, 0.05) is 23.6 Å². The van der Waals surface area contributed by atoms with Crippen molar-refractivity contribution >= 4 is 29.3 Å². The van der Waals surface area contributed by atoms with Crippen LogP contribution in [-0.2, 0) is 10.5 Å². The minimum Gasteiger partial charge on any atom is -0.497 e. The van der Waals surface area contributed by atoms with Gasteiger partial charge in [-0.25, -0.2) is 0 Å². The Morgan fingerprint density at radius 3 is 2.37 bits per heavy atom. The van der Waals surface area contributed by atoms with Crippen LogP contribution in [0.1, 0.15) is 22.3 Å². The van der Waals surface area contributed by atoms with Gasteiger partial charge in [0.25, 0.3) is 5.91 Å². The molecule has 0 saturated carbocycles. The molecule has 30 heavy (non-hydrogen) atoms. The zero-order valence-electron chi connectivity index (χ0n) is 17.4. The van der Waals surface area contributed by atoms with Crippen molar-refractivity contribution in [3.05, 3.63) is 101 Å². The summed E-state index contributed by atoms with van der Waals surface area (Å²) in [6, 6.07) is 25.9. The fourth-order valence-corrected chi connectivity index (χ4v) is 3.99. The highest BCUT2D eigenvalue weighted by Crippen LogP contribution is 2.21. The Bertz CT molecular complexity index is 981. The van der Waals surface area contributed by atoms with E-state index >= 15 is 0 Å². The molecular formula is C26H27NO2S. The first-order valence-corrected chi connectivity index (χ1v) is 11.1. The summed E-state index contributed by atoms with van der Waals surface area (Å²) in [4.78, 5) is 12.9. The molecule has 3 rings (SSSR count). The smallest absolute Gasteiger partial charge is 0.251 e. The average Bonchev–Trinajstić information content (AvgIpc) is 2.79. The van der Waals surface area contributed by atoms with Gasteiger partial charge in [0.15, 0.2) is 0 Å². The standard InChI is InChI=1S/C26H27NO2S/c1-20-8-6-7-11-23(20)19-30-17-16-27-26(28)25(22-9-4-3-5-10-22)18-21-12-14-24(29-2)15-13-21/h3-15,18H,16-17,19H2,1-2H3,(H,27,28)/b25-18+. The van der Waals surface area contributed by atoms with Gasteiger partial charge in [0.1, 0.15) is 5.75 Å². The van der Waals surface area contributed by atoms with E-state index in [-0.39, 0.29) is 5.91 Å². The second-order valence-corrected chi connectivity index (χ2v) is 8.04. The Morgan fingerprint density at radius 2 is 1.67 bits per heavy atom. The van der Waals surface area contributed by atoms with Crippen molar-refractivity contribution in [1.82, 2.24) is 5.32 Å². The Balaban J connectivity index is 1.62. The Hall–Kier alpha value is -2.98. The number of rotatable bonds is 9. The van der Waals surface area contributed by atoms with Crippen LogP contribution in [0.5, 0.6) is 5.75 Å². The number of ether oxygens (including phenoxy) is 1. The first kappa shape index (κ1) is 21.7. The molecule has 1 N–H and O–H groups in total. The van der Waals surface area contributed by atoms with Gasteiger partial charge in [0.05, 0.1) is 7.11 Å². The Labute approximate surface area is 183 Å². The van der Waals surface area contributed by atoms with Crippen LogP contribution in [0.2, 0.25) is 0 Å². The SMILES string of the molecule is COc1ccc(/C=C(/C(=O)NCCSCc2ccccc2C)c2ccccc2)cc1. The molecule has 3 nitrogen and oxygen atoms in total. The molecule has 3 aromatic rings. The molecule has 0 aliphatic carbocycles. The third-order valence-electron chi connectivity index (χ3n) is 4.81. The van der Waals surface area contributed by atoms with Crippen LogP contribution in [0.4, 0.5) is 0 Å². The molecule has 0 unspecified atom stereocenters. The number of benzene rings is 3. The van der Waals surface area contributed by atoms with E-state index in [1.54, 1.807) is 7.11 Å². The minimum atomic E-state index is -0.0616. The van der Waals surface area contributed by atoms with Gasteiger partial charge in [-0.05, 0) is 47.4 Å². The minimum absolute atomic E-state index is 0.0616. The summed E-state index contributed by atoms with van der Waals surface area (Å²) in [5.74, 6) is 2.55. The summed E-state index contributed by atoms with van der Waals surface area (Å²) in [6.07, 6.45) is 1.92. The van der Waals surface area contributed by atoms with Gasteiger partial charge in [0.2, 0.25) is 0 Å². The van der Waals surface area contributed by atoms with Crippen LogP contribution in [-0.4, -0.2) is 25.3 Å². The second-order valence-electron chi connectivity index (χ2n) is 6.93. The first-order valence-electron chi connectivity index (χ1n) is 9.99. The number of hydrogen-bond donors (Lipinski definition) is 1. The molecule has 0 atom stereocenters. The lowest BCUT2D eigenvalue weighted by molar-refractivity contribution is -0.115. The quantitative estimate of drug-likeness (QED) is 0.280. The van der Waals surface area contributed by atoms with Crippen LogP contribution in [0.15, 0.2) is 78.9 Å². The van der Waals surface area contributed by atoms with Crippen molar-refractivity contribution in [2.45, 2.75) is 12.7 Å². The van der Waals surface area contributed by atoms with Crippen molar-refractivity contribution in [3.8, 4) is 5.75 Å². The summed E-state index contributed by atoms with van der Waals surface area (Å²) < 4.78 is 5.22. The topological polar surface area (TPSA) is 38.3 Å². The van der Waals surface area contributed by atoms with E-state index in [2.05, 4.69) is 36.5 Å². The van der Waals surface area contributed by atoms with Crippen LogP contribution >= 0.6 is 11.8 Å². The highest BCUT2D eigenvalue weighted by Gasteiger charge is 2.11. The van der Waals surface area contributed by atoms with Crippen molar-refractivity contribution < 1.29 is 9.53 Å². The molecular weight excluding hydrogens is 390 g/mol. The van der Waals surface area contributed by atoms with Gasteiger partial charge in [-0.3, -0.25) is 4.79 Å².